The van der Waals surface area contributed by atoms with Crippen LogP contribution in [0.1, 0.15) is 16.7 Å². The maximum absolute atomic E-state index is 12.6. The van der Waals surface area contributed by atoms with Crippen LogP contribution < -0.4 is 14.2 Å². The Kier molecular flexibility index (Phi) is 4.28. The lowest BCUT2D eigenvalue weighted by molar-refractivity contribution is 0.171. The Hall–Kier alpha value is -2.05. The van der Waals surface area contributed by atoms with Gasteiger partial charge in [-0.3, -0.25) is 0 Å². The van der Waals surface area contributed by atoms with Gasteiger partial charge in [-0.25, -0.2) is 13.1 Å². The Labute approximate surface area is 136 Å². The van der Waals surface area contributed by atoms with Crippen LogP contribution in [-0.2, 0) is 16.6 Å². The van der Waals surface area contributed by atoms with Gasteiger partial charge in [-0.2, -0.15) is 0 Å². The third-order valence-corrected chi connectivity index (χ3v) is 5.39. The van der Waals surface area contributed by atoms with E-state index in [1.54, 1.807) is 13.0 Å². The lowest BCUT2D eigenvalue weighted by Gasteiger charge is -2.20. The zero-order chi connectivity index (χ0) is 16.4. The molecule has 0 aliphatic carbocycles. The first-order valence-corrected chi connectivity index (χ1v) is 8.90. The van der Waals surface area contributed by atoms with Gasteiger partial charge in [-0.15, -0.1) is 0 Å². The molecule has 1 aliphatic rings. The first-order chi connectivity index (χ1) is 11.0. The molecule has 0 bridgehead atoms. The molecular weight excluding hydrogens is 314 g/mol. The van der Waals surface area contributed by atoms with Crippen molar-refractivity contribution < 1.29 is 17.9 Å². The lowest BCUT2D eigenvalue weighted by Crippen LogP contribution is -2.25. The molecule has 0 aromatic heterocycles. The van der Waals surface area contributed by atoms with Crippen molar-refractivity contribution in [2.45, 2.75) is 25.3 Å². The Morgan fingerprint density at radius 2 is 1.65 bits per heavy atom. The fourth-order valence-corrected chi connectivity index (χ4v) is 3.77. The van der Waals surface area contributed by atoms with Gasteiger partial charge in [0.2, 0.25) is 10.0 Å². The first-order valence-electron chi connectivity index (χ1n) is 7.42. The van der Waals surface area contributed by atoms with Crippen LogP contribution in [0, 0.1) is 13.8 Å². The fraction of sp³-hybridized carbons (Fsp3) is 0.294. The summed E-state index contributed by atoms with van der Waals surface area (Å²) in [6, 6.07) is 10.9. The van der Waals surface area contributed by atoms with Gasteiger partial charge >= 0.3 is 0 Å². The molecule has 0 unspecified atom stereocenters. The van der Waals surface area contributed by atoms with Crippen LogP contribution in [0.25, 0.3) is 0 Å². The number of hydrogen-bond acceptors (Lipinski definition) is 4. The number of hydrogen-bond donors (Lipinski definition) is 1. The van der Waals surface area contributed by atoms with Gasteiger partial charge in [-0.05, 0) is 36.6 Å². The summed E-state index contributed by atoms with van der Waals surface area (Å²) in [6.07, 6.45) is 0. The number of aryl methyl sites for hydroxylation is 2. The summed E-state index contributed by atoms with van der Waals surface area (Å²) in [6.45, 7) is 4.86. The summed E-state index contributed by atoms with van der Waals surface area (Å²) in [4.78, 5) is 0.218. The third kappa shape index (κ3) is 3.33. The standard InChI is InChI=1S/C17H19NO4S/c1-12-5-3-4-6-14(12)11-18-23(19,20)17-10-16-15(9-13(17)2)21-7-8-22-16/h3-6,9-10,18H,7-8,11H2,1-2H3. The maximum atomic E-state index is 12.6. The molecule has 1 aliphatic heterocycles. The smallest absolute Gasteiger partial charge is 0.241 e. The van der Waals surface area contributed by atoms with Gasteiger partial charge in [0.15, 0.2) is 11.5 Å². The summed E-state index contributed by atoms with van der Waals surface area (Å²) < 4.78 is 38.8. The molecule has 122 valence electrons. The van der Waals surface area contributed by atoms with Crippen molar-refractivity contribution >= 4 is 10.0 Å². The van der Waals surface area contributed by atoms with E-state index < -0.39 is 10.0 Å². The molecule has 2 aromatic rings. The van der Waals surface area contributed by atoms with Gasteiger partial charge in [-0.1, -0.05) is 24.3 Å². The van der Waals surface area contributed by atoms with Crippen molar-refractivity contribution in [1.29, 1.82) is 0 Å². The molecular formula is C17H19NO4S. The number of rotatable bonds is 4. The van der Waals surface area contributed by atoms with Crippen LogP contribution in [0.5, 0.6) is 11.5 Å². The zero-order valence-electron chi connectivity index (χ0n) is 13.1. The van der Waals surface area contributed by atoms with Crippen molar-refractivity contribution in [3.05, 3.63) is 53.1 Å². The molecule has 0 atom stereocenters. The van der Waals surface area contributed by atoms with E-state index in [1.807, 2.05) is 31.2 Å². The second kappa shape index (κ2) is 6.22. The molecule has 5 nitrogen and oxygen atoms in total. The fourth-order valence-electron chi connectivity index (χ4n) is 2.52. The van der Waals surface area contributed by atoms with E-state index in [2.05, 4.69) is 4.72 Å². The molecule has 1 heterocycles. The van der Waals surface area contributed by atoms with Crippen molar-refractivity contribution in [3.63, 3.8) is 0 Å². The molecule has 0 fully saturated rings. The average molecular weight is 333 g/mol. The average Bonchev–Trinajstić information content (AvgIpc) is 2.53. The van der Waals surface area contributed by atoms with Gasteiger partial charge in [0, 0.05) is 12.6 Å². The Bertz CT molecular complexity index is 830. The molecule has 0 saturated heterocycles. The molecule has 1 N–H and O–H groups in total. The van der Waals surface area contributed by atoms with Gasteiger partial charge in [0.1, 0.15) is 13.2 Å². The van der Waals surface area contributed by atoms with Gasteiger partial charge in [0.05, 0.1) is 4.90 Å². The molecule has 0 radical (unpaired) electrons. The minimum absolute atomic E-state index is 0.218. The highest BCUT2D eigenvalue weighted by atomic mass is 32.2. The molecule has 23 heavy (non-hydrogen) atoms. The summed E-state index contributed by atoms with van der Waals surface area (Å²) in [7, 11) is -3.62. The first kappa shape index (κ1) is 15.8. The summed E-state index contributed by atoms with van der Waals surface area (Å²) in [5, 5.41) is 0. The summed E-state index contributed by atoms with van der Waals surface area (Å²) in [5.41, 5.74) is 2.63. The SMILES string of the molecule is Cc1ccccc1CNS(=O)(=O)c1cc2c(cc1C)OCCO2. The number of nitrogens with one attached hydrogen (secondary N) is 1. The van der Waals surface area contributed by atoms with Crippen molar-refractivity contribution in [3.8, 4) is 11.5 Å². The summed E-state index contributed by atoms with van der Waals surface area (Å²) >= 11 is 0. The van der Waals surface area contributed by atoms with Crippen molar-refractivity contribution in [2.24, 2.45) is 0 Å². The van der Waals surface area contributed by atoms with Crippen LogP contribution in [0.4, 0.5) is 0 Å². The van der Waals surface area contributed by atoms with Crippen LogP contribution in [0.15, 0.2) is 41.3 Å². The Balaban J connectivity index is 1.86. The molecule has 0 spiro atoms. The van der Waals surface area contributed by atoms with Crippen LogP contribution in [-0.4, -0.2) is 21.6 Å². The van der Waals surface area contributed by atoms with E-state index in [9.17, 15) is 8.42 Å². The monoisotopic (exact) mass is 333 g/mol. The number of benzene rings is 2. The van der Waals surface area contributed by atoms with Crippen LogP contribution in [0.3, 0.4) is 0 Å². The zero-order valence-corrected chi connectivity index (χ0v) is 13.9. The Morgan fingerprint density at radius 1 is 1.00 bits per heavy atom. The van der Waals surface area contributed by atoms with Crippen LogP contribution >= 0.6 is 0 Å². The topological polar surface area (TPSA) is 64.6 Å². The highest BCUT2D eigenvalue weighted by molar-refractivity contribution is 7.89. The van der Waals surface area contributed by atoms with Gasteiger partial charge in [0.25, 0.3) is 0 Å². The Morgan fingerprint density at radius 3 is 2.35 bits per heavy atom. The quantitative estimate of drug-likeness (QED) is 0.934. The molecule has 6 heteroatoms. The third-order valence-electron chi connectivity index (χ3n) is 3.84. The lowest BCUT2D eigenvalue weighted by atomic mass is 10.1. The second-order valence-corrected chi connectivity index (χ2v) is 7.25. The maximum Gasteiger partial charge on any atom is 0.241 e. The second-order valence-electron chi connectivity index (χ2n) is 5.51. The van der Waals surface area contributed by atoms with E-state index >= 15 is 0 Å². The predicted octanol–water partition coefficient (Wildman–Crippen LogP) is 2.55. The van der Waals surface area contributed by atoms with Crippen LogP contribution in [0.2, 0.25) is 0 Å². The summed E-state index contributed by atoms with van der Waals surface area (Å²) in [5.74, 6) is 1.06. The van der Waals surface area contributed by atoms with Crippen molar-refractivity contribution in [2.75, 3.05) is 13.2 Å². The van der Waals surface area contributed by atoms with Gasteiger partial charge < -0.3 is 9.47 Å². The molecule has 0 saturated carbocycles. The number of fused-ring (bicyclic) bond motifs is 1. The van der Waals surface area contributed by atoms with E-state index in [0.29, 0.717) is 30.3 Å². The minimum atomic E-state index is -3.62. The van der Waals surface area contributed by atoms with E-state index in [1.165, 1.54) is 6.07 Å². The largest absolute Gasteiger partial charge is 0.486 e. The van der Waals surface area contributed by atoms with E-state index in [0.717, 1.165) is 11.1 Å². The normalized spacial score (nSPS) is 13.8. The molecule has 0 amide bonds. The highest BCUT2D eigenvalue weighted by Gasteiger charge is 2.22. The minimum Gasteiger partial charge on any atom is -0.486 e. The van der Waals surface area contributed by atoms with E-state index in [-0.39, 0.29) is 11.4 Å². The molecule has 2 aromatic carbocycles. The number of sulfonamides is 1. The van der Waals surface area contributed by atoms with E-state index in [4.69, 9.17) is 9.47 Å². The predicted molar refractivity (Wildman–Crippen MR) is 87.4 cm³/mol. The highest BCUT2D eigenvalue weighted by Crippen LogP contribution is 2.34. The van der Waals surface area contributed by atoms with Crippen molar-refractivity contribution in [1.82, 2.24) is 4.72 Å². The molecule has 3 rings (SSSR count). The number of ether oxygens (including phenoxy) is 2.